The molecule has 0 spiro atoms. The third kappa shape index (κ3) is 3.01. The molecule has 1 aliphatic rings. The maximum Gasteiger partial charge on any atom is 0.208 e. The Kier molecular flexibility index (Phi) is 4.19. The van der Waals surface area contributed by atoms with Gasteiger partial charge in [0.1, 0.15) is 0 Å². The first-order valence-electron chi connectivity index (χ1n) is 8.13. The topological polar surface area (TPSA) is 65.2 Å². The van der Waals surface area contributed by atoms with Crippen LogP contribution in [-0.2, 0) is 9.84 Å². The summed E-state index contributed by atoms with van der Waals surface area (Å²) in [6.07, 6.45) is 1.53. The Morgan fingerprint density at radius 2 is 1.72 bits per heavy atom. The molecule has 0 atom stereocenters. The van der Waals surface area contributed by atoms with Gasteiger partial charge in [-0.25, -0.2) is 8.42 Å². The standard InChI is InChI=1S/C18H18ClN3O2S/c19-13-1-6-17-16(11-13)18(12-21-17)25(23,24)15-4-2-14(3-5-15)22-9-7-20-8-10-22/h1-6,11-12,20-21H,7-10H2. The molecule has 0 amide bonds. The Bertz CT molecular complexity index is 1010. The van der Waals surface area contributed by atoms with Crippen LogP contribution in [0, 0.1) is 0 Å². The summed E-state index contributed by atoms with van der Waals surface area (Å²) < 4.78 is 26.0. The molecule has 25 heavy (non-hydrogen) atoms. The first kappa shape index (κ1) is 16.4. The number of aromatic amines is 1. The Balaban J connectivity index is 1.71. The van der Waals surface area contributed by atoms with Gasteiger partial charge in [0.15, 0.2) is 0 Å². The highest BCUT2D eigenvalue weighted by atomic mass is 35.5. The largest absolute Gasteiger partial charge is 0.369 e. The van der Waals surface area contributed by atoms with Crippen LogP contribution in [0.15, 0.2) is 58.5 Å². The average molecular weight is 376 g/mol. The molecule has 7 heteroatoms. The van der Waals surface area contributed by atoms with Crippen LogP contribution in [-0.4, -0.2) is 39.6 Å². The Morgan fingerprint density at radius 3 is 2.44 bits per heavy atom. The van der Waals surface area contributed by atoms with Gasteiger partial charge in [0.25, 0.3) is 0 Å². The van der Waals surface area contributed by atoms with Gasteiger partial charge in [-0.3, -0.25) is 0 Å². The van der Waals surface area contributed by atoms with Gasteiger partial charge in [0.2, 0.25) is 9.84 Å². The molecule has 1 aromatic heterocycles. The minimum Gasteiger partial charge on any atom is -0.369 e. The van der Waals surface area contributed by atoms with Crippen LogP contribution < -0.4 is 10.2 Å². The van der Waals surface area contributed by atoms with Gasteiger partial charge in [0.05, 0.1) is 9.79 Å². The van der Waals surface area contributed by atoms with E-state index in [4.69, 9.17) is 11.6 Å². The lowest BCUT2D eigenvalue weighted by atomic mass is 10.2. The van der Waals surface area contributed by atoms with Crippen LogP contribution in [0.25, 0.3) is 10.9 Å². The lowest BCUT2D eigenvalue weighted by Crippen LogP contribution is -2.43. The Labute approximate surface area is 151 Å². The molecule has 4 rings (SSSR count). The number of aromatic nitrogens is 1. The van der Waals surface area contributed by atoms with Crippen molar-refractivity contribution in [3.8, 4) is 0 Å². The van der Waals surface area contributed by atoms with E-state index in [1.54, 1.807) is 30.3 Å². The minimum atomic E-state index is -3.61. The fourth-order valence-corrected chi connectivity index (χ4v) is 4.77. The molecule has 0 aliphatic carbocycles. The van der Waals surface area contributed by atoms with E-state index in [1.165, 1.54) is 6.20 Å². The van der Waals surface area contributed by atoms with Gasteiger partial charge in [0, 0.05) is 54.0 Å². The molecular formula is C18H18ClN3O2S. The van der Waals surface area contributed by atoms with Gasteiger partial charge in [-0.1, -0.05) is 11.6 Å². The molecule has 2 N–H and O–H groups in total. The van der Waals surface area contributed by atoms with Gasteiger partial charge >= 0.3 is 0 Å². The highest BCUT2D eigenvalue weighted by Crippen LogP contribution is 2.31. The Hall–Kier alpha value is -2.02. The molecule has 2 aromatic carbocycles. The lowest BCUT2D eigenvalue weighted by molar-refractivity contribution is 0.588. The summed E-state index contributed by atoms with van der Waals surface area (Å²) in [5.41, 5.74) is 1.79. The second-order valence-corrected chi connectivity index (χ2v) is 8.43. The molecule has 130 valence electrons. The molecule has 2 heterocycles. The van der Waals surface area contributed by atoms with Crippen LogP contribution >= 0.6 is 11.6 Å². The first-order chi connectivity index (χ1) is 12.1. The highest BCUT2D eigenvalue weighted by molar-refractivity contribution is 7.91. The smallest absolute Gasteiger partial charge is 0.208 e. The lowest BCUT2D eigenvalue weighted by Gasteiger charge is -2.29. The van der Waals surface area contributed by atoms with Gasteiger partial charge < -0.3 is 15.2 Å². The molecule has 1 saturated heterocycles. The van der Waals surface area contributed by atoms with Crippen molar-refractivity contribution in [2.45, 2.75) is 9.79 Å². The summed E-state index contributed by atoms with van der Waals surface area (Å²) in [7, 11) is -3.61. The van der Waals surface area contributed by atoms with Crippen LogP contribution in [0.4, 0.5) is 5.69 Å². The predicted octanol–water partition coefficient (Wildman–Crippen LogP) is 3.06. The van der Waals surface area contributed by atoms with E-state index in [0.29, 0.717) is 10.4 Å². The third-order valence-electron chi connectivity index (χ3n) is 4.52. The number of sulfone groups is 1. The zero-order valence-corrected chi connectivity index (χ0v) is 15.1. The molecule has 0 radical (unpaired) electrons. The van der Waals surface area contributed by atoms with E-state index in [9.17, 15) is 8.42 Å². The second kappa shape index (κ2) is 6.37. The molecule has 1 fully saturated rings. The molecule has 0 saturated carbocycles. The monoisotopic (exact) mass is 375 g/mol. The number of hydrogen-bond donors (Lipinski definition) is 2. The van der Waals surface area contributed by atoms with Crippen LogP contribution in [0.5, 0.6) is 0 Å². The van der Waals surface area contributed by atoms with Crippen molar-refractivity contribution in [3.05, 3.63) is 53.7 Å². The number of hydrogen-bond acceptors (Lipinski definition) is 4. The van der Waals surface area contributed by atoms with Crippen molar-refractivity contribution >= 4 is 38.0 Å². The van der Waals surface area contributed by atoms with E-state index in [-0.39, 0.29) is 9.79 Å². The van der Waals surface area contributed by atoms with Crippen molar-refractivity contribution in [1.82, 2.24) is 10.3 Å². The normalized spacial score (nSPS) is 15.6. The van der Waals surface area contributed by atoms with E-state index in [2.05, 4.69) is 15.2 Å². The zero-order valence-electron chi connectivity index (χ0n) is 13.5. The van der Waals surface area contributed by atoms with E-state index < -0.39 is 9.84 Å². The summed E-state index contributed by atoms with van der Waals surface area (Å²) in [6, 6.07) is 12.3. The quantitative estimate of drug-likeness (QED) is 0.738. The van der Waals surface area contributed by atoms with E-state index in [0.717, 1.165) is 37.4 Å². The van der Waals surface area contributed by atoms with Gasteiger partial charge in [-0.05, 0) is 42.5 Å². The summed E-state index contributed by atoms with van der Waals surface area (Å²) in [6.45, 7) is 3.73. The van der Waals surface area contributed by atoms with Crippen molar-refractivity contribution in [2.75, 3.05) is 31.1 Å². The number of nitrogens with one attached hydrogen (secondary N) is 2. The zero-order chi connectivity index (χ0) is 17.4. The number of H-pyrrole nitrogens is 1. The van der Waals surface area contributed by atoms with Crippen molar-refractivity contribution in [1.29, 1.82) is 0 Å². The highest BCUT2D eigenvalue weighted by Gasteiger charge is 2.22. The number of nitrogens with zero attached hydrogens (tertiary/aromatic N) is 1. The molecule has 1 aliphatic heterocycles. The second-order valence-electron chi connectivity index (χ2n) is 6.08. The molecule has 5 nitrogen and oxygen atoms in total. The van der Waals surface area contributed by atoms with Crippen molar-refractivity contribution in [3.63, 3.8) is 0 Å². The fraction of sp³-hybridized carbons (Fsp3) is 0.222. The number of fused-ring (bicyclic) bond motifs is 1. The maximum absolute atomic E-state index is 13.0. The van der Waals surface area contributed by atoms with E-state index >= 15 is 0 Å². The summed E-state index contributed by atoms with van der Waals surface area (Å²) in [4.78, 5) is 5.78. The summed E-state index contributed by atoms with van der Waals surface area (Å²) in [5, 5.41) is 4.43. The number of rotatable bonds is 3. The SMILES string of the molecule is O=S(=O)(c1ccc(N2CCNCC2)cc1)c1c[nH]c2ccc(Cl)cc12. The van der Waals surface area contributed by atoms with Crippen LogP contribution in [0.3, 0.4) is 0 Å². The van der Waals surface area contributed by atoms with Crippen molar-refractivity contribution < 1.29 is 8.42 Å². The number of benzene rings is 2. The average Bonchev–Trinajstić information content (AvgIpc) is 3.06. The maximum atomic E-state index is 13.0. The van der Waals surface area contributed by atoms with E-state index in [1.807, 2.05) is 12.1 Å². The molecule has 3 aromatic rings. The third-order valence-corrected chi connectivity index (χ3v) is 6.57. The first-order valence-corrected chi connectivity index (χ1v) is 9.99. The van der Waals surface area contributed by atoms with Crippen LogP contribution in [0.2, 0.25) is 5.02 Å². The summed E-state index contributed by atoms with van der Waals surface area (Å²) in [5.74, 6) is 0. The van der Waals surface area contributed by atoms with Gasteiger partial charge in [-0.15, -0.1) is 0 Å². The molecular weight excluding hydrogens is 358 g/mol. The number of halogens is 1. The van der Waals surface area contributed by atoms with Crippen LogP contribution in [0.1, 0.15) is 0 Å². The predicted molar refractivity (Wildman–Crippen MR) is 100 cm³/mol. The molecule has 0 unspecified atom stereocenters. The minimum absolute atomic E-state index is 0.250. The molecule has 0 bridgehead atoms. The summed E-state index contributed by atoms with van der Waals surface area (Å²) >= 11 is 6.03. The number of piperazine rings is 1. The fourth-order valence-electron chi connectivity index (χ4n) is 3.18. The Morgan fingerprint density at radius 1 is 1.00 bits per heavy atom. The number of anilines is 1. The van der Waals surface area contributed by atoms with Gasteiger partial charge in [-0.2, -0.15) is 0 Å². The van der Waals surface area contributed by atoms with Crippen molar-refractivity contribution in [2.24, 2.45) is 0 Å².